The normalized spacial score (nSPS) is 16.0. The van der Waals surface area contributed by atoms with Crippen LogP contribution in [0.1, 0.15) is 0 Å². The van der Waals surface area contributed by atoms with Gasteiger partial charge in [0.15, 0.2) is 8.32 Å². The third kappa shape index (κ3) is 21.5. The van der Waals surface area contributed by atoms with E-state index < -0.39 is 95.1 Å². The Morgan fingerprint density at radius 3 is 0.581 bits per heavy atom. The largest absolute Gasteiger partial charge is 0.442 e. The molecule has 0 amide bonds. The molecule has 0 saturated heterocycles. The minimum Gasteiger partial charge on any atom is -0.442 e. The molecule has 0 radical (unpaired) electrons. The van der Waals surface area contributed by atoms with Gasteiger partial charge in [0.2, 0.25) is 0 Å². The number of hydrogen-bond acceptors (Lipinski definition) is 10. The minimum absolute atomic E-state index is 0.554. The van der Waals surface area contributed by atoms with Gasteiger partial charge >= 0.3 is 77.0 Å². The summed E-state index contributed by atoms with van der Waals surface area (Å²) in [5, 5.41) is 0. The van der Waals surface area contributed by atoms with Crippen molar-refractivity contribution in [1.29, 1.82) is 0 Å². The highest BCUT2D eigenvalue weighted by molar-refractivity contribution is 6.93. The topological polar surface area (TPSA) is 92.3 Å². The summed E-state index contributed by atoms with van der Waals surface area (Å²) in [5.74, 6) is 0. The first-order valence-electron chi connectivity index (χ1n) is 15.4. The average Bonchev–Trinajstić information content (AvgIpc) is 2.48. The Hall–Kier alpha value is 1.99. The molecule has 0 spiro atoms. The van der Waals surface area contributed by atoms with Crippen LogP contribution in [0, 0.1) is 0 Å². The third-order valence-electron chi connectivity index (χ3n) is 4.98. The minimum atomic E-state index is -2.66. The van der Waals surface area contributed by atoms with Crippen molar-refractivity contribution in [3.8, 4) is 0 Å². The van der Waals surface area contributed by atoms with E-state index in [1.54, 1.807) is 0 Å². The van der Waals surface area contributed by atoms with Crippen molar-refractivity contribution in [3.05, 3.63) is 0 Å². The van der Waals surface area contributed by atoms with Crippen LogP contribution in [0.2, 0.25) is 144 Å². The summed E-state index contributed by atoms with van der Waals surface area (Å²) >= 11 is 0. The maximum atomic E-state index is 6.74. The quantitative estimate of drug-likeness (QED) is 0.116. The fourth-order valence-electron chi connectivity index (χ4n) is 6.02. The molecule has 0 fully saturated rings. The molecule has 10 nitrogen and oxygen atoms in total. The maximum absolute atomic E-state index is 6.74. The van der Waals surface area contributed by atoms with Crippen LogP contribution in [0.5, 0.6) is 0 Å². The van der Waals surface area contributed by atoms with Crippen molar-refractivity contribution in [1.82, 2.24) is 0 Å². The number of hydrogen-bond donors (Lipinski definition) is 0. The van der Waals surface area contributed by atoms with E-state index in [-0.39, 0.29) is 0 Å². The van der Waals surface area contributed by atoms with Crippen LogP contribution >= 0.6 is 0 Å². The van der Waals surface area contributed by atoms with Crippen molar-refractivity contribution in [2.24, 2.45) is 0 Å². The third-order valence-corrected chi connectivity index (χ3v) is 44.8. The summed E-state index contributed by atoms with van der Waals surface area (Å²) in [5.41, 5.74) is 0. The van der Waals surface area contributed by atoms with Gasteiger partial charge in [-0.05, 0) is 137 Å². The Morgan fingerprint density at radius 1 is 0.256 bits per heavy atom. The second kappa shape index (κ2) is 15.3. The lowest BCUT2D eigenvalue weighted by Crippen LogP contribution is -2.62. The van der Waals surface area contributed by atoms with E-state index in [1.807, 2.05) is 0 Å². The molecular formula is C22H68O10Si11. The molecule has 260 valence electrons. The molecule has 0 rings (SSSR count). The predicted molar refractivity (Wildman–Crippen MR) is 206 cm³/mol. The summed E-state index contributed by atoms with van der Waals surface area (Å²) in [6.45, 7) is 46.1. The first-order valence-corrected chi connectivity index (χ1v) is 46.1. The molecule has 0 aromatic carbocycles. The second-order valence-electron chi connectivity index (χ2n) is 16.1. The molecule has 0 atom stereocenters. The summed E-state index contributed by atoms with van der Waals surface area (Å²) < 4.78 is 65.7. The van der Waals surface area contributed by atoms with Crippen LogP contribution in [-0.2, 0) is 41.2 Å². The van der Waals surface area contributed by atoms with E-state index in [0.29, 0.717) is 0 Å². The zero-order valence-electron chi connectivity index (χ0n) is 31.8. The van der Waals surface area contributed by atoms with Crippen molar-refractivity contribution in [2.45, 2.75) is 144 Å². The lowest BCUT2D eigenvalue weighted by molar-refractivity contribution is 0.255. The lowest BCUT2D eigenvalue weighted by atomic mass is 11.8. The fourth-order valence-corrected chi connectivity index (χ4v) is 57.7. The van der Waals surface area contributed by atoms with Gasteiger partial charge in [-0.2, -0.15) is 0 Å². The lowest BCUT2D eigenvalue weighted by Gasteiger charge is -2.44. The molecule has 0 heterocycles. The predicted octanol–water partition coefficient (Wildman–Crippen LogP) is 7.44. The van der Waals surface area contributed by atoms with E-state index >= 15 is 0 Å². The second-order valence-corrected chi connectivity index (χ2v) is 54.6. The van der Waals surface area contributed by atoms with Crippen molar-refractivity contribution in [2.75, 3.05) is 0 Å². The summed E-state index contributed by atoms with van der Waals surface area (Å²) in [6, 6.07) is 0. The summed E-state index contributed by atoms with van der Waals surface area (Å²) in [4.78, 5) is 0. The first-order chi connectivity index (χ1) is 18.4. The van der Waals surface area contributed by atoms with Crippen molar-refractivity contribution >= 4 is 95.1 Å². The van der Waals surface area contributed by atoms with E-state index in [2.05, 4.69) is 144 Å². The smallest absolute Gasteiger partial charge is 0.314 e. The zero-order valence-corrected chi connectivity index (χ0v) is 43.2. The van der Waals surface area contributed by atoms with Crippen LogP contribution in [0.25, 0.3) is 0 Å². The molecule has 21 heteroatoms. The average molecular weight is 802 g/mol. The van der Waals surface area contributed by atoms with Gasteiger partial charge in [0.05, 0.1) is 0 Å². The van der Waals surface area contributed by atoms with E-state index in [1.165, 1.54) is 0 Å². The van der Waals surface area contributed by atoms with Crippen molar-refractivity contribution in [3.63, 3.8) is 0 Å². The Labute approximate surface area is 278 Å². The van der Waals surface area contributed by atoms with Crippen molar-refractivity contribution < 1.29 is 41.2 Å². The monoisotopic (exact) mass is 800 g/mol. The van der Waals surface area contributed by atoms with E-state index in [4.69, 9.17) is 41.2 Å². The summed E-state index contributed by atoms with van der Waals surface area (Å²) in [6.07, 6.45) is 0. The summed E-state index contributed by atoms with van der Waals surface area (Å²) in [7, 11) is -25.0. The van der Waals surface area contributed by atoms with Gasteiger partial charge < -0.3 is 41.2 Å². The molecular weight excluding hydrogens is 733 g/mol. The van der Waals surface area contributed by atoms with Crippen LogP contribution in [0.4, 0.5) is 0 Å². The van der Waals surface area contributed by atoms with Gasteiger partial charge in [-0.15, -0.1) is 0 Å². The van der Waals surface area contributed by atoms with Crippen LogP contribution < -0.4 is 0 Å². The van der Waals surface area contributed by atoms with Crippen LogP contribution in [0.3, 0.4) is 0 Å². The van der Waals surface area contributed by atoms with E-state index in [9.17, 15) is 0 Å². The first kappa shape index (κ1) is 45.0. The van der Waals surface area contributed by atoms with Gasteiger partial charge in [-0.1, -0.05) is 6.55 Å². The highest BCUT2D eigenvalue weighted by atomic mass is 28.5. The Balaban J connectivity index is 5.46. The molecule has 0 saturated carbocycles. The molecule has 0 aromatic heterocycles. The Bertz CT molecular complexity index is 892. The van der Waals surface area contributed by atoms with Gasteiger partial charge in [-0.25, -0.2) is 0 Å². The highest BCUT2D eigenvalue weighted by Crippen LogP contribution is 2.30. The molecule has 0 N–H and O–H groups in total. The highest BCUT2D eigenvalue weighted by Gasteiger charge is 2.50. The molecule has 0 unspecified atom stereocenters. The zero-order chi connectivity index (χ0) is 34.8. The van der Waals surface area contributed by atoms with Gasteiger partial charge in [0.25, 0.3) is 0 Å². The van der Waals surface area contributed by atoms with Crippen LogP contribution in [0.15, 0.2) is 0 Å². The van der Waals surface area contributed by atoms with E-state index in [0.717, 1.165) is 0 Å². The van der Waals surface area contributed by atoms with Crippen LogP contribution in [-0.4, -0.2) is 95.1 Å². The van der Waals surface area contributed by atoms with Gasteiger partial charge in [0.1, 0.15) is 9.76 Å². The Morgan fingerprint density at radius 2 is 0.419 bits per heavy atom. The molecule has 0 bridgehead atoms. The number of rotatable bonds is 20. The molecule has 0 aromatic rings. The van der Waals surface area contributed by atoms with Gasteiger partial charge in [-0.3, -0.25) is 0 Å². The SMILES string of the molecule is C[SiH2]O[Si](C)(C)O[Si](C)(C)O[Si](C)(C)O[Si](C)(C)O[Si](C)(C)O[Si](C)(C)O[Si](C)(C)O[Si](C)(C)O[Si](C)(C)O[Si](C)(C)C. The molecule has 0 aliphatic carbocycles. The maximum Gasteiger partial charge on any atom is 0.314 e. The standard InChI is InChI=1S/C22H68O10Si11/c1-33-23-35(5,6)25-37(9,10)27-39(13,14)29-41(17,18)31-43(21,22)32-42(19,20)30-40(15,16)28-38(11,12)26-36(7,8)24-34(2,3)4/h33H2,1-22H3. The van der Waals surface area contributed by atoms with Gasteiger partial charge in [0, 0.05) is 0 Å². The fraction of sp³-hybridized carbons (Fsp3) is 1.00. The molecule has 0 aliphatic heterocycles. The molecule has 43 heavy (non-hydrogen) atoms. The molecule has 0 aliphatic rings. The Kier molecular flexibility index (Phi) is 16.0.